The van der Waals surface area contributed by atoms with Crippen LogP contribution in [0.4, 0.5) is 0 Å². The first-order valence-corrected chi connectivity index (χ1v) is 9.21. The van der Waals surface area contributed by atoms with Gasteiger partial charge in [-0.2, -0.15) is 0 Å². The van der Waals surface area contributed by atoms with Gasteiger partial charge >= 0.3 is 5.97 Å². The number of aryl methyl sites for hydroxylation is 1. The van der Waals surface area contributed by atoms with Gasteiger partial charge in [0.15, 0.2) is 5.54 Å². The standard InChI is InChI=1S/C23H27NO2/c1-17-10-12-18(13-11-17)16-23(21(25)26-22(2,3)4)15-14-20(24-23)19-8-6-5-7-9-19/h5-13H,14-16H2,1-4H3/t23-/m1/s1. The summed E-state index contributed by atoms with van der Waals surface area (Å²) in [6.07, 6.45) is 2.04. The summed E-state index contributed by atoms with van der Waals surface area (Å²) >= 11 is 0. The summed E-state index contributed by atoms with van der Waals surface area (Å²) in [5.41, 5.74) is 3.03. The van der Waals surface area contributed by atoms with Crippen LogP contribution in [0.3, 0.4) is 0 Å². The average Bonchev–Trinajstić information content (AvgIpc) is 3.02. The van der Waals surface area contributed by atoms with Crippen LogP contribution in [0.25, 0.3) is 0 Å². The Balaban J connectivity index is 1.96. The van der Waals surface area contributed by atoms with Crippen molar-refractivity contribution in [2.24, 2.45) is 4.99 Å². The Morgan fingerprint density at radius 1 is 1.08 bits per heavy atom. The number of hydrogen-bond donors (Lipinski definition) is 0. The molecule has 0 aromatic heterocycles. The molecule has 0 spiro atoms. The summed E-state index contributed by atoms with van der Waals surface area (Å²) in [6, 6.07) is 18.4. The molecule has 0 saturated heterocycles. The topological polar surface area (TPSA) is 38.7 Å². The van der Waals surface area contributed by atoms with E-state index in [-0.39, 0.29) is 5.97 Å². The van der Waals surface area contributed by atoms with Gasteiger partial charge in [-0.3, -0.25) is 4.99 Å². The van der Waals surface area contributed by atoms with Crippen molar-refractivity contribution in [1.82, 2.24) is 0 Å². The molecule has 0 fully saturated rings. The van der Waals surface area contributed by atoms with E-state index in [2.05, 4.69) is 43.3 Å². The van der Waals surface area contributed by atoms with Gasteiger partial charge in [0.25, 0.3) is 0 Å². The number of esters is 1. The van der Waals surface area contributed by atoms with E-state index >= 15 is 0 Å². The molecule has 0 saturated carbocycles. The zero-order chi connectivity index (χ0) is 18.8. The van der Waals surface area contributed by atoms with Gasteiger partial charge in [-0.05, 0) is 51.7 Å². The van der Waals surface area contributed by atoms with Gasteiger partial charge < -0.3 is 4.74 Å². The number of rotatable bonds is 4. The van der Waals surface area contributed by atoms with Gasteiger partial charge in [0.05, 0.1) is 0 Å². The molecule has 0 N–H and O–H groups in total. The molecule has 136 valence electrons. The van der Waals surface area contributed by atoms with Crippen LogP contribution in [0.5, 0.6) is 0 Å². The van der Waals surface area contributed by atoms with Crippen molar-refractivity contribution in [2.45, 2.75) is 58.1 Å². The molecular formula is C23H27NO2. The van der Waals surface area contributed by atoms with E-state index in [9.17, 15) is 4.79 Å². The first-order chi connectivity index (χ1) is 12.3. The van der Waals surface area contributed by atoms with Crippen LogP contribution in [0.2, 0.25) is 0 Å². The van der Waals surface area contributed by atoms with Crippen molar-refractivity contribution in [3.05, 3.63) is 71.3 Å². The third-order valence-corrected chi connectivity index (χ3v) is 4.63. The second-order valence-electron chi connectivity index (χ2n) is 8.12. The molecule has 0 bridgehead atoms. The van der Waals surface area contributed by atoms with Crippen molar-refractivity contribution < 1.29 is 9.53 Å². The van der Waals surface area contributed by atoms with Gasteiger partial charge in [-0.1, -0.05) is 60.2 Å². The Kier molecular flexibility index (Phi) is 4.99. The minimum atomic E-state index is -0.840. The van der Waals surface area contributed by atoms with E-state index in [1.165, 1.54) is 5.56 Å². The molecule has 0 aliphatic carbocycles. The monoisotopic (exact) mass is 349 g/mol. The lowest BCUT2D eigenvalue weighted by Crippen LogP contribution is -2.42. The number of aliphatic imine (C=N–C) groups is 1. The Bertz CT molecular complexity index is 800. The summed E-state index contributed by atoms with van der Waals surface area (Å²) in [6.45, 7) is 7.78. The first kappa shape index (κ1) is 18.4. The number of benzene rings is 2. The zero-order valence-electron chi connectivity index (χ0n) is 16.1. The van der Waals surface area contributed by atoms with Crippen LogP contribution in [0.15, 0.2) is 59.6 Å². The summed E-state index contributed by atoms with van der Waals surface area (Å²) in [5, 5.41) is 0. The van der Waals surface area contributed by atoms with Crippen molar-refractivity contribution in [3.63, 3.8) is 0 Å². The number of nitrogens with zero attached hydrogens (tertiary/aromatic N) is 1. The van der Waals surface area contributed by atoms with Crippen LogP contribution in [0, 0.1) is 6.92 Å². The van der Waals surface area contributed by atoms with E-state index in [4.69, 9.17) is 9.73 Å². The molecule has 1 aliphatic rings. The maximum Gasteiger partial charge on any atom is 0.334 e. The quantitative estimate of drug-likeness (QED) is 0.736. The molecule has 1 atom stereocenters. The van der Waals surface area contributed by atoms with E-state index in [0.717, 1.165) is 23.3 Å². The fourth-order valence-electron chi connectivity index (χ4n) is 3.30. The van der Waals surface area contributed by atoms with E-state index in [0.29, 0.717) is 12.8 Å². The fraction of sp³-hybridized carbons (Fsp3) is 0.391. The first-order valence-electron chi connectivity index (χ1n) is 9.21. The SMILES string of the molecule is Cc1ccc(C[C@@]2(C(=O)OC(C)(C)C)CCC(c3ccccc3)=N2)cc1. The Labute approximate surface area is 156 Å². The van der Waals surface area contributed by atoms with Crippen molar-refractivity contribution in [3.8, 4) is 0 Å². The molecule has 1 aliphatic heterocycles. The van der Waals surface area contributed by atoms with Crippen LogP contribution >= 0.6 is 0 Å². The predicted octanol–water partition coefficient (Wildman–Crippen LogP) is 4.90. The molecule has 3 rings (SSSR count). The molecule has 0 radical (unpaired) electrons. The highest BCUT2D eigenvalue weighted by Crippen LogP contribution is 2.34. The minimum Gasteiger partial charge on any atom is -0.458 e. The minimum absolute atomic E-state index is 0.225. The summed E-state index contributed by atoms with van der Waals surface area (Å²) in [7, 11) is 0. The second-order valence-corrected chi connectivity index (χ2v) is 8.12. The van der Waals surface area contributed by atoms with Crippen molar-refractivity contribution in [1.29, 1.82) is 0 Å². The average molecular weight is 349 g/mol. The Morgan fingerprint density at radius 2 is 1.73 bits per heavy atom. The van der Waals surface area contributed by atoms with Crippen LogP contribution in [0.1, 0.15) is 50.3 Å². The molecule has 2 aromatic carbocycles. The molecule has 0 amide bonds. The molecular weight excluding hydrogens is 322 g/mol. The number of carbonyl (C=O) groups excluding carboxylic acids is 1. The lowest BCUT2D eigenvalue weighted by atomic mass is 9.88. The summed E-state index contributed by atoms with van der Waals surface area (Å²) in [5.74, 6) is -0.225. The van der Waals surface area contributed by atoms with E-state index < -0.39 is 11.1 Å². The maximum atomic E-state index is 13.1. The highest BCUT2D eigenvalue weighted by molar-refractivity contribution is 6.04. The summed E-state index contributed by atoms with van der Waals surface area (Å²) < 4.78 is 5.76. The lowest BCUT2D eigenvalue weighted by molar-refractivity contribution is -0.161. The highest BCUT2D eigenvalue weighted by Gasteiger charge is 2.45. The Hall–Kier alpha value is -2.42. The fourth-order valence-corrected chi connectivity index (χ4v) is 3.30. The molecule has 26 heavy (non-hydrogen) atoms. The summed E-state index contributed by atoms with van der Waals surface area (Å²) in [4.78, 5) is 18.0. The molecule has 3 nitrogen and oxygen atoms in total. The number of hydrogen-bond acceptors (Lipinski definition) is 3. The van der Waals surface area contributed by atoms with Crippen molar-refractivity contribution >= 4 is 11.7 Å². The van der Waals surface area contributed by atoms with Gasteiger partial charge in [0, 0.05) is 12.1 Å². The van der Waals surface area contributed by atoms with Gasteiger partial charge in [0.2, 0.25) is 0 Å². The number of ether oxygens (including phenoxy) is 1. The van der Waals surface area contributed by atoms with Gasteiger partial charge in [-0.25, -0.2) is 4.79 Å². The predicted molar refractivity (Wildman–Crippen MR) is 106 cm³/mol. The van der Waals surface area contributed by atoms with Crippen LogP contribution in [-0.4, -0.2) is 22.8 Å². The highest BCUT2D eigenvalue weighted by atomic mass is 16.6. The van der Waals surface area contributed by atoms with Crippen molar-refractivity contribution in [2.75, 3.05) is 0 Å². The van der Waals surface area contributed by atoms with E-state index in [1.807, 2.05) is 39.0 Å². The molecule has 2 aromatic rings. The largest absolute Gasteiger partial charge is 0.458 e. The second kappa shape index (κ2) is 7.06. The Morgan fingerprint density at radius 3 is 2.35 bits per heavy atom. The van der Waals surface area contributed by atoms with Gasteiger partial charge in [-0.15, -0.1) is 0 Å². The third-order valence-electron chi connectivity index (χ3n) is 4.63. The van der Waals surface area contributed by atoms with Crippen LogP contribution < -0.4 is 0 Å². The number of carbonyl (C=O) groups is 1. The smallest absolute Gasteiger partial charge is 0.334 e. The third kappa shape index (κ3) is 4.21. The lowest BCUT2D eigenvalue weighted by Gasteiger charge is -2.29. The molecule has 1 heterocycles. The van der Waals surface area contributed by atoms with E-state index in [1.54, 1.807) is 0 Å². The maximum absolute atomic E-state index is 13.1. The molecule has 3 heteroatoms. The normalized spacial score (nSPS) is 19.9. The van der Waals surface area contributed by atoms with Crippen LogP contribution in [-0.2, 0) is 16.0 Å². The van der Waals surface area contributed by atoms with Gasteiger partial charge in [0.1, 0.15) is 5.60 Å². The zero-order valence-corrected chi connectivity index (χ0v) is 16.1. The molecule has 0 unspecified atom stereocenters.